The minimum absolute atomic E-state index is 0.0991. The molecule has 2 nitrogen and oxygen atoms in total. The van der Waals surface area contributed by atoms with Gasteiger partial charge < -0.3 is 4.74 Å². The van der Waals surface area contributed by atoms with Gasteiger partial charge in [0.25, 0.3) is 0 Å². The highest BCUT2D eigenvalue weighted by molar-refractivity contribution is 9.10. The van der Waals surface area contributed by atoms with Gasteiger partial charge in [0.2, 0.25) is 0 Å². The molecular formula is C10H10BrNO. The molecule has 0 aromatic heterocycles. The van der Waals surface area contributed by atoms with Gasteiger partial charge >= 0.3 is 0 Å². The van der Waals surface area contributed by atoms with Crippen molar-refractivity contribution in [1.82, 2.24) is 0 Å². The molecule has 0 N–H and O–H groups in total. The van der Waals surface area contributed by atoms with Gasteiger partial charge in [-0.3, -0.25) is 0 Å². The van der Waals surface area contributed by atoms with Crippen LogP contribution in [0, 0.1) is 25.2 Å². The number of rotatable bonds is 2. The third-order valence-electron chi connectivity index (χ3n) is 1.75. The van der Waals surface area contributed by atoms with Crippen molar-refractivity contribution in [3.8, 4) is 11.8 Å². The van der Waals surface area contributed by atoms with Crippen LogP contribution in [0.2, 0.25) is 0 Å². The second-order valence-electron chi connectivity index (χ2n) is 2.81. The van der Waals surface area contributed by atoms with E-state index in [1.54, 1.807) is 0 Å². The van der Waals surface area contributed by atoms with E-state index in [4.69, 9.17) is 10.00 Å². The number of nitrogens with zero attached hydrogens (tertiary/aromatic N) is 1. The predicted molar refractivity (Wildman–Crippen MR) is 54.7 cm³/mol. The number of benzene rings is 1. The summed E-state index contributed by atoms with van der Waals surface area (Å²) in [4.78, 5) is 0. The number of halogens is 1. The molecule has 0 amide bonds. The normalized spacial score (nSPS) is 9.38. The van der Waals surface area contributed by atoms with Crippen LogP contribution in [-0.2, 0) is 0 Å². The third-order valence-corrected chi connectivity index (χ3v) is 2.60. The summed E-state index contributed by atoms with van der Waals surface area (Å²) in [5.74, 6) is 0.780. The van der Waals surface area contributed by atoms with Crippen LogP contribution in [0.1, 0.15) is 11.1 Å². The Hall–Kier alpha value is -1.01. The van der Waals surface area contributed by atoms with Crippen LogP contribution in [0.4, 0.5) is 0 Å². The Morgan fingerprint density at radius 2 is 2.08 bits per heavy atom. The van der Waals surface area contributed by atoms with Gasteiger partial charge in [-0.1, -0.05) is 15.9 Å². The van der Waals surface area contributed by atoms with Crippen LogP contribution in [0.25, 0.3) is 0 Å². The van der Waals surface area contributed by atoms with E-state index in [-0.39, 0.29) is 6.61 Å². The molecule has 0 heterocycles. The second-order valence-corrected chi connectivity index (χ2v) is 3.67. The molecule has 0 saturated carbocycles. The SMILES string of the molecule is Cc1cc(OCC#N)c(C)cc1Br. The summed E-state index contributed by atoms with van der Waals surface area (Å²) in [7, 11) is 0. The Bertz CT molecular complexity index is 355. The van der Waals surface area contributed by atoms with Crippen molar-refractivity contribution >= 4 is 15.9 Å². The van der Waals surface area contributed by atoms with Gasteiger partial charge in [-0.15, -0.1) is 0 Å². The van der Waals surface area contributed by atoms with Crippen LogP contribution in [0.15, 0.2) is 16.6 Å². The first-order valence-corrected chi connectivity index (χ1v) is 4.71. The molecule has 0 saturated heterocycles. The van der Waals surface area contributed by atoms with Crippen molar-refractivity contribution in [3.05, 3.63) is 27.7 Å². The van der Waals surface area contributed by atoms with E-state index in [2.05, 4.69) is 15.9 Å². The van der Waals surface area contributed by atoms with Crippen molar-refractivity contribution in [3.63, 3.8) is 0 Å². The molecule has 0 aliphatic carbocycles. The number of hydrogen-bond acceptors (Lipinski definition) is 2. The summed E-state index contributed by atoms with van der Waals surface area (Å²) in [6, 6.07) is 5.86. The highest BCUT2D eigenvalue weighted by atomic mass is 79.9. The molecular weight excluding hydrogens is 230 g/mol. The topological polar surface area (TPSA) is 33.0 Å². The zero-order valence-electron chi connectivity index (χ0n) is 7.60. The minimum Gasteiger partial charge on any atom is -0.478 e. The van der Waals surface area contributed by atoms with Crippen molar-refractivity contribution in [2.24, 2.45) is 0 Å². The lowest BCUT2D eigenvalue weighted by Gasteiger charge is -2.07. The number of ether oxygens (including phenoxy) is 1. The van der Waals surface area contributed by atoms with E-state index in [0.717, 1.165) is 21.3 Å². The number of nitriles is 1. The van der Waals surface area contributed by atoms with E-state index in [0.29, 0.717) is 0 Å². The van der Waals surface area contributed by atoms with Crippen molar-refractivity contribution in [1.29, 1.82) is 5.26 Å². The molecule has 0 fully saturated rings. The van der Waals surface area contributed by atoms with Gasteiger partial charge in [0, 0.05) is 4.47 Å². The van der Waals surface area contributed by atoms with E-state index in [9.17, 15) is 0 Å². The largest absolute Gasteiger partial charge is 0.478 e. The van der Waals surface area contributed by atoms with Crippen molar-refractivity contribution in [2.75, 3.05) is 6.61 Å². The quantitative estimate of drug-likeness (QED) is 0.796. The molecule has 13 heavy (non-hydrogen) atoms. The molecule has 1 rings (SSSR count). The van der Waals surface area contributed by atoms with Gasteiger partial charge in [0.05, 0.1) is 0 Å². The maximum Gasteiger partial charge on any atom is 0.174 e. The summed E-state index contributed by atoms with van der Waals surface area (Å²) >= 11 is 3.43. The molecule has 0 spiro atoms. The van der Waals surface area contributed by atoms with Gasteiger partial charge in [-0.25, -0.2) is 0 Å². The second kappa shape index (κ2) is 4.29. The summed E-state index contributed by atoms with van der Waals surface area (Å²) in [6.07, 6.45) is 0. The van der Waals surface area contributed by atoms with Crippen molar-refractivity contribution < 1.29 is 4.74 Å². The third kappa shape index (κ3) is 2.46. The summed E-state index contributed by atoms with van der Waals surface area (Å²) in [6.45, 7) is 4.04. The van der Waals surface area contributed by atoms with Gasteiger partial charge in [0.1, 0.15) is 11.8 Å². The smallest absolute Gasteiger partial charge is 0.174 e. The van der Waals surface area contributed by atoms with E-state index in [1.807, 2.05) is 32.0 Å². The first kappa shape index (κ1) is 10.1. The first-order valence-electron chi connectivity index (χ1n) is 3.91. The Balaban J connectivity index is 2.96. The average Bonchev–Trinajstić information content (AvgIpc) is 2.09. The highest BCUT2D eigenvalue weighted by Crippen LogP contribution is 2.26. The zero-order chi connectivity index (χ0) is 9.84. The molecule has 0 bridgehead atoms. The Kier molecular flexibility index (Phi) is 3.32. The van der Waals surface area contributed by atoms with Gasteiger partial charge in [-0.05, 0) is 37.1 Å². The summed E-state index contributed by atoms with van der Waals surface area (Å²) in [5, 5.41) is 8.36. The molecule has 0 aliphatic rings. The van der Waals surface area contributed by atoms with Crippen LogP contribution < -0.4 is 4.74 Å². The molecule has 1 aromatic carbocycles. The summed E-state index contributed by atoms with van der Waals surface area (Å²) < 4.78 is 6.30. The molecule has 0 atom stereocenters. The number of hydrogen-bond donors (Lipinski definition) is 0. The molecule has 68 valence electrons. The monoisotopic (exact) mass is 239 g/mol. The lowest BCUT2D eigenvalue weighted by atomic mass is 10.1. The van der Waals surface area contributed by atoms with Crippen molar-refractivity contribution in [2.45, 2.75) is 13.8 Å². The summed E-state index contributed by atoms with van der Waals surface area (Å²) in [5.41, 5.74) is 2.14. The van der Waals surface area contributed by atoms with E-state index < -0.39 is 0 Å². The molecule has 0 unspecified atom stereocenters. The van der Waals surface area contributed by atoms with E-state index >= 15 is 0 Å². The van der Waals surface area contributed by atoms with Crippen LogP contribution in [0.3, 0.4) is 0 Å². The molecule has 1 aromatic rings. The average molecular weight is 240 g/mol. The molecule has 0 radical (unpaired) electrons. The Morgan fingerprint density at radius 1 is 1.38 bits per heavy atom. The lowest BCUT2D eigenvalue weighted by molar-refractivity contribution is 0.365. The molecule has 3 heteroatoms. The molecule has 0 aliphatic heterocycles. The fourth-order valence-corrected chi connectivity index (χ4v) is 1.48. The van der Waals surface area contributed by atoms with Crippen LogP contribution in [0.5, 0.6) is 5.75 Å². The first-order chi connectivity index (χ1) is 6.15. The predicted octanol–water partition coefficient (Wildman–Crippen LogP) is 2.97. The van der Waals surface area contributed by atoms with Crippen LogP contribution in [-0.4, -0.2) is 6.61 Å². The fourth-order valence-electron chi connectivity index (χ4n) is 1.02. The fraction of sp³-hybridized carbons (Fsp3) is 0.300. The zero-order valence-corrected chi connectivity index (χ0v) is 9.18. The Labute approximate surface area is 86.3 Å². The standard InChI is InChI=1S/C10H10BrNO/c1-7-6-10(13-4-3-12)8(2)5-9(7)11/h5-6H,4H2,1-2H3. The minimum atomic E-state index is 0.0991. The highest BCUT2D eigenvalue weighted by Gasteiger charge is 2.02. The Morgan fingerprint density at radius 3 is 2.69 bits per heavy atom. The van der Waals surface area contributed by atoms with Gasteiger partial charge in [0.15, 0.2) is 6.61 Å². The maximum absolute atomic E-state index is 8.36. The maximum atomic E-state index is 8.36. The lowest BCUT2D eigenvalue weighted by Crippen LogP contribution is -1.96. The van der Waals surface area contributed by atoms with E-state index in [1.165, 1.54) is 0 Å². The number of aryl methyl sites for hydroxylation is 2. The van der Waals surface area contributed by atoms with Crippen LogP contribution >= 0.6 is 15.9 Å². The van der Waals surface area contributed by atoms with Gasteiger partial charge in [-0.2, -0.15) is 5.26 Å².